The van der Waals surface area contributed by atoms with Gasteiger partial charge in [-0.15, -0.1) is 0 Å². The van der Waals surface area contributed by atoms with Gasteiger partial charge in [0.2, 0.25) is 5.91 Å². The van der Waals surface area contributed by atoms with E-state index in [1.165, 1.54) is 0 Å². The van der Waals surface area contributed by atoms with Gasteiger partial charge in [0.05, 0.1) is 0 Å². The Balaban J connectivity index is 3.45. The lowest BCUT2D eigenvalue weighted by Gasteiger charge is -2.10. The van der Waals surface area contributed by atoms with Crippen LogP contribution in [0.4, 0.5) is 0 Å². The standard InChI is InChI=1S/C13H25NO4/c1-10(2)9-18-6-4-5-14-12(15)7-11(3)8-13(16)17/h10-11H,4-9H2,1-3H3,(H,14,15)(H,16,17). The Hall–Kier alpha value is -1.10. The van der Waals surface area contributed by atoms with Gasteiger partial charge in [0.1, 0.15) is 0 Å². The molecule has 0 aliphatic carbocycles. The minimum Gasteiger partial charge on any atom is -0.481 e. The van der Waals surface area contributed by atoms with Gasteiger partial charge in [-0.2, -0.15) is 0 Å². The zero-order valence-corrected chi connectivity index (χ0v) is 11.6. The van der Waals surface area contributed by atoms with Crippen molar-refractivity contribution in [1.82, 2.24) is 5.32 Å². The number of carbonyl (C=O) groups is 2. The number of rotatable bonds is 10. The lowest BCUT2D eigenvalue weighted by molar-refractivity contribution is -0.138. The molecule has 0 heterocycles. The topological polar surface area (TPSA) is 75.6 Å². The molecule has 1 unspecified atom stereocenters. The van der Waals surface area contributed by atoms with Crippen molar-refractivity contribution in [3.05, 3.63) is 0 Å². The predicted octanol–water partition coefficient (Wildman–Crippen LogP) is 1.67. The normalized spacial score (nSPS) is 12.4. The third kappa shape index (κ3) is 11.4. The van der Waals surface area contributed by atoms with E-state index in [1.807, 2.05) is 0 Å². The highest BCUT2D eigenvalue weighted by atomic mass is 16.5. The van der Waals surface area contributed by atoms with Crippen LogP contribution in [-0.4, -0.2) is 36.7 Å². The van der Waals surface area contributed by atoms with E-state index in [-0.39, 0.29) is 24.7 Å². The molecule has 5 heteroatoms. The van der Waals surface area contributed by atoms with E-state index in [1.54, 1.807) is 6.92 Å². The SMILES string of the molecule is CC(C)COCCCNC(=O)CC(C)CC(=O)O. The molecular formula is C13H25NO4. The van der Waals surface area contributed by atoms with Crippen LogP contribution < -0.4 is 5.32 Å². The van der Waals surface area contributed by atoms with E-state index < -0.39 is 5.97 Å². The lowest BCUT2D eigenvalue weighted by atomic mass is 10.0. The highest BCUT2D eigenvalue weighted by Gasteiger charge is 2.11. The summed E-state index contributed by atoms with van der Waals surface area (Å²) in [6, 6.07) is 0. The lowest BCUT2D eigenvalue weighted by Crippen LogP contribution is -2.27. The summed E-state index contributed by atoms with van der Waals surface area (Å²) in [7, 11) is 0. The molecule has 18 heavy (non-hydrogen) atoms. The molecule has 106 valence electrons. The summed E-state index contributed by atoms with van der Waals surface area (Å²) < 4.78 is 5.38. The van der Waals surface area contributed by atoms with Crippen molar-refractivity contribution in [3.63, 3.8) is 0 Å². The van der Waals surface area contributed by atoms with Crippen molar-refractivity contribution < 1.29 is 19.4 Å². The molecule has 5 nitrogen and oxygen atoms in total. The Morgan fingerprint density at radius 1 is 1.22 bits per heavy atom. The van der Waals surface area contributed by atoms with Crippen molar-refractivity contribution >= 4 is 11.9 Å². The van der Waals surface area contributed by atoms with Gasteiger partial charge in [0.15, 0.2) is 0 Å². The Morgan fingerprint density at radius 2 is 1.89 bits per heavy atom. The van der Waals surface area contributed by atoms with Gasteiger partial charge in [-0.25, -0.2) is 0 Å². The molecule has 0 aromatic heterocycles. The van der Waals surface area contributed by atoms with Crippen molar-refractivity contribution in [3.8, 4) is 0 Å². The van der Waals surface area contributed by atoms with Crippen LogP contribution >= 0.6 is 0 Å². The maximum absolute atomic E-state index is 11.4. The molecule has 0 bridgehead atoms. The number of amides is 1. The molecule has 0 radical (unpaired) electrons. The number of carboxylic acid groups (broad SMARTS) is 1. The summed E-state index contributed by atoms with van der Waals surface area (Å²) in [6.07, 6.45) is 1.08. The van der Waals surface area contributed by atoms with Crippen LogP contribution in [0.3, 0.4) is 0 Å². The molecule has 1 atom stereocenters. The van der Waals surface area contributed by atoms with Crippen LogP contribution in [0, 0.1) is 11.8 Å². The first kappa shape index (κ1) is 16.9. The summed E-state index contributed by atoms with van der Waals surface area (Å²) in [4.78, 5) is 21.9. The molecule has 0 aromatic rings. The third-order valence-electron chi connectivity index (χ3n) is 2.30. The molecule has 0 saturated heterocycles. The minimum atomic E-state index is -0.864. The van der Waals surface area contributed by atoms with E-state index in [4.69, 9.17) is 9.84 Å². The van der Waals surface area contributed by atoms with Crippen LogP contribution in [0.5, 0.6) is 0 Å². The average molecular weight is 259 g/mol. The fraction of sp³-hybridized carbons (Fsp3) is 0.846. The van der Waals surface area contributed by atoms with E-state index in [0.29, 0.717) is 19.1 Å². The van der Waals surface area contributed by atoms with E-state index in [2.05, 4.69) is 19.2 Å². The van der Waals surface area contributed by atoms with Gasteiger partial charge in [0, 0.05) is 32.6 Å². The Bertz CT molecular complexity index is 253. The molecule has 2 N–H and O–H groups in total. The molecular weight excluding hydrogens is 234 g/mol. The molecule has 0 aromatic carbocycles. The molecule has 0 aliphatic heterocycles. The second kappa shape index (κ2) is 9.88. The van der Waals surface area contributed by atoms with Crippen molar-refractivity contribution in [1.29, 1.82) is 0 Å². The van der Waals surface area contributed by atoms with Crippen LogP contribution in [0.25, 0.3) is 0 Å². The number of ether oxygens (including phenoxy) is 1. The molecule has 0 rings (SSSR count). The Labute approximate surface area is 109 Å². The second-order valence-corrected chi connectivity index (χ2v) is 5.08. The van der Waals surface area contributed by atoms with Crippen molar-refractivity contribution in [2.75, 3.05) is 19.8 Å². The van der Waals surface area contributed by atoms with Gasteiger partial charge in [0.25, 0.3) is 0 Å². The van der Waals surface area contributed by atoms with Gasteiger partial charge < -0.3 is 15.2 Å². The van der Waals surface area contributed by atoms with Gasteiger partial charge in [-0.3, -0.25) is 9.59 Å². The molecule has 0 saturated carbocycles. The minimum absolute atomic E-state index is 0.0327. The summed E-state index contributed by atoms with van der Waals surface area (Å²) in [5.41, 5.74) is 0. The summed E-state index contributed by atoms with van der Waals surface area (Å²) in [5, 5.41) is 11.3. The fourth-order valence-electron chi connectivity index (χ4n) is 1.48. The van der Waals surface area contributed by atoms with Crippen LogP contribution in [0.1, 0.15) is 40.0 Å². The second-order valence-electron chi connectivity index (χ2n) is 5.08. The summed E-state index contributed by atoms with van der Waals surface area (Å²) >= 11 is 0. The Morgan fingerprint density at radius 3 is 2.44 bits per heavy atom. The number of carboxylic acids is 1. The van der Waals surface area contributed by atoms with Crippen LogP contribution in [0.2, 0.25) is 0 Å². The summed E-state index contributed by atoms with van der Waals surface area (Å²) in [6.45, 7) is 7.90. The Kier molecular flexibility index (Phi) is 9.28. The quantitative estimate of drug-likeness (QED) is 0.585. The van der Waals surface area contributed by atoms with E-state index in [9.17, 15) is 9.59 Å². The first-order chi connectivity index (χ1) is 8.41. The smallest absolute Gasteiger partial charge is 0.303 e. The maximum atomic E-state index is 11.4. The predicted molar refractivity (Wildman–Crippen MR) is 69.3 cm³/mol. The molecule has 0 aliphatic rings. The molecule has 0 spiro atoms. The van der Waals surface area contributed by atoms with Gasteiger partial charge in [-0.1, -0.05) is 20.8 Å². The highest BCUT2D eigenvalue weighted by Crippen LogP contribution is 2.06. The van der Waals surface area contributed by atoms with Gasteiger partial charge in [-0.05, 0) is 18.3 Å². The fourth-order valence-corrected chi connectivity index (χ4v) is 1.48. The highest BCUT2D eigenvalue weighted by molar-refractivity contribution is 5.77. The number of aliphatic carboxylic acids is 1. The zero-order valence-electron chi connectivity index (χ0n) is 11.6. The van der Waals surface area contributed by atoms with Crippen molar-refractivity contribution in [2.24, 2.45) is 11.8 Å². The number of hydrogen-bond acceptors (Lipinski definition) is 3. The van der Waals surface area contributed by atoms with E-state index in [0.717, 1.165) is 13.0 Å². The monoisotopic (exact) mass is 259 g/mol. The first-order valence-corrected chi connectivity index (χ1v) is 6.48. The van der Waals surface area contributed by atoms with Crippen LogP contribution in [0.15, 0.2) is 0 Å². The van der Waals surface area contributed by atoms with E-state index >= 15 is 0 Å². The summed E-state index contributed by atoms with van der Waals surface area (Å²) in [5.74, 6) is -0.554. The maximum Gasteiger partial charge on any atom is 0.303 e. The first-order valence-electron chi connectivity index (χ1n) is 6.48. The molecule has 0 fully saturated rings. The van der Waals surface area contributed by atoms with Gasteiger partial charge >= 0.3 is 5.97 Å². The molecule has 1 amide bonds. The number of nitrogens with one attached hydrogen (secondary N) is 1. The van der Waals surface area contributed by atoms with Crippen molar-refractivity contribution in [2.45, 2.75) is 40.0 Å². The number of carbonyl (C=O) groups excluding carboxylic acids is 1. The third-order valence-corrected chi connectivity index (χ3v) is 2.30. The number of hydrogen-bond donors (Lipinski definition) is 2. The average Bonchev–Trinajstić information content (AvgIpc) is 2.21. The van der Waals surface area contributed by atoms with Crippen LogP contribution in [-0.2, 0) is 14.3 Å². The zero-order chi connectivity index (χ0) is 14.0. The largest absolute Gasteiger partial charge is 0.481 e.